The third-order valence-corrected chi connectivity index (χ3v) is 1.81. The van der Waals surface area contributed by atoms with Gasteiger partial charge in [-0.3, -0.25) is 9.78 Å². The fourth-order valence-corrected chi connectivity index (χ4v) is 1.11. The molecule has 0 aromatic carbocycles. The number of unbranched alkanes of at least 4 members (excludes halogenated alkanes) is 1. The fraction of sp³-hybridized carbons (Fsp3) is 0.444. The quantitative estimate of drug-likeness (QED) is 0.577. The maximum atomic E-state index is 10.4. The van der Waals surface area contributed by atoms with E-state index in [4.69, 9.17) is 11.5 Å². The zero-order chi connectivity index (χ0) is 11.1. The number of aromatic nitrogens is 2. The van der Waals surface area contributed by atoms with Crippen LogP contribution in [0.3, 0.4) is 0 Å². The van der Waals surface area contributed by atoms with Crippen molar-refractivity contribution in [1.82, 2.24) is 9.97 Å². The van der Waals surface area contributed by atoms with Gasteiger partial charge in [0.1, 0.15) is 11.6 Å². The van der Waals surface area contributed by atoms with Crippen LogP contribution in [-0.2, 0) is 4.79 Å². The van der Waals surface area contributed by atoms with Crippen LogP contribution in [0.5, 0.6) is 0 Å². The van der Waals surface area contributed by atoms with Crippen LogP contribution in [0, 0.1) is 0 Å². The molecule has 82 valence electrons. The number of hydrogen-bond acceptors (Lipinski definition) is 5. The molecule has 1 rings (SSSR count). The SMILES string of the molecule is NC(=O)CCCCNc1cncc(N)n1. The number of nitrogen functional groups attached to an aromatic ring is 1. The Kier molecular flexibility index (Phi) is 4.33. The van der Waals surface area contributed by atoms with Crippen LogP contribution in [0.2, 0.25) is 0 Å². The van der Waals surface area contributed by atoms with Crippen molar-refractivity contribution in [1.29, 1.82) is 0 Å². The topological polar surface area (TPSA) is 107 Å². The van der Waals surface area contributed by atoms with E-state index in [1.54, 1.807) is 6.20 Å². The second-order valence-corrected chi connectivity index (χ2v) is 3.18. The van der Waals surface area contributed by atoms with Crippen LogP contribution < -0.4 is 16.8 Å². The lowest BCUT2D eigenvalue weighted by Crippen LogP contribution is -2.11. The van der Waals surface area contributed by atoms with Crippen molar-refractivity contribution < 1.29 is 4.79 Å². The molecule has 0 aliphatic carbocycles. The van der Waals surface area contributed by atoms with E-state index < -0.39 is 0 Å². The first-order valence-electron chi connectivity index (χ1n) is 4.78. The van der Waals surface area contributed by atoms with E-state index in [0.29, 0.717) is 18.1 Å². The molecular formula is C9H15N5O. The largest absolute Gasteiger partial charge is 0.382 e. The molecule has 0 bridgehead atoms. The van der Waals surface area contributed by atoms with Crippen molar-refractivity contribution in [2.24, 2.45) is 5.73 Å². The van der Waals surface area contributed by atoms with E-state index in [0.717, 1.165) is 19.4 Å². The smallest absolute Gasteiger partial charge is 0.217 e. The fourth-order valence-electron chi connectivity index (χ4n) is 1.11. The molecule has 1 aromatic rings. The molecule has 5 N–H and O–H groups in total. The monoisotopic (exact) mass is 209 g/mol. The number of rotatable bonds is 6. The van der Waals surface area contributed by atoms with Crippen LogP contribution >= 0.6 is 0 Å². The van der Waals surface area contributed by atoms with Gasteiger partial charge in [0.25, 0.3) is 0 Å². The summed E-state index contributed by atoms with van der Waals surface area (Å²) in [7, 11) is 0. The van der Waals surface area contributed by atoms with Crippen molar-refractivity contribution in [3.8, 4) is 0 Å². The summed E-state index contributed by atoms with van der Waals surface area (Å²) in [5.74, 6) is 0.768. The van der Waals surface area contributed by atoms with Gasteiger partial charge < -0.3 is 16.8 Å². The highest BCUT2D eigenvalue weighted by Crippen LogP contribution is 2.03. The number of carbonyl (C=O) groups is 1. The number of nitrogens with zero attached hydrogens (tertiary/aromatic N) is 2. The van der Waals surface area contributed by atoms with Gasteiger partial charge in [-0.05, 0) is 12.8 Å². The summed E-state index contributed by atoms with van der Waals surface area (Å²) in [4.78, 5) is 18.3. The number of nitrogens with two attached hydrogens (primary N) is 2. The van der Waals surface area contributed by atoms with Gasteiger partial charge in [0.15, 0.2) is 0 Å². The molecule has 15 heavy (non-hydrogen) atoms. The van der Waals surface area contributed by atoms with Crippen LogP contribution in [0.4, 0.5) is 11.6 Å². The summed E-state index contributed by atoms with van der Waals surface area (Å²) in [6, 6.07) is 0. The van der Waals surface area contributed by atoms with Crippen LogP contribution in [0.15, 0.2) is 12.4 Å². The lowest BCUT2D eigenvalue weighted by molar-refractivity contribution is -0.118. The summed E-state index contributed by atoms with van der Waals surface area (Å²) < 4.78 is 0. The first-order valence-corrected chi connectivity index (χ1v) is 4.78. The minimum Gasteiger partial charge on any atom is -0.382 e. The van der Waals surface area contributed by atoms with Crippen LogP contribution in [0.1, 0.15) is 19.3 Å². The highest BCUT2D eigenvalue weighted by Gasteiger charge is 1.96. The van der Waals surface area contributed by atoms with Gasteiger partial charge in [0.05, 0.1) is 12.4 Å². The molecular weight excluding hydrogens is 194 g/mol. The van der Waals surface area contributed by atoms with Gasteiger partial charge >= 0.3 is 0 Å². The zero-order valence-corrected chi connectivity index (χ0v) is 8.44. The summed E-state index contributed by atoms with van der Waals surface area (Å²) in [5.41, 5.74) is 10.5. The summed E-state index contributed by atoms with van der Waals surface area (Å²) in [5, 5.41) is 3.05. The molecule has 0 unspecified atom stereocenters. The number of nitrogens with one attached hydrogen (secondary N) is 1. The first kappa shape index (κ1) is 11.2. The van der Waals surface area contributed by atoms with Gasteiger partial charge in [0.2, 0.25) is 5.91 Å². The van der Waals surface area contributed by atoms with E-state index in [1.807, 2.05) is 0 Å². The van der Waals surface area contributed by atoms with Gasteiger partial charge in [-0.2, -0.15) is 0 Å². The molecule has 1 amide bonds. The number of primary amides is 1. The molecule has 0 atom stereocenters. The normalized spacial score (nSPS) is 9.87. The Bertz CT molecular complexity index is 328. The molecule has 1 aromatic heterocycles. The Morgan fingerprint density at radius 3 is 2.87 bits per heavy atom. The number of anilines is 2. The predicted molar refractivity (Wildman–Crippen MR) is 58.0 cm³/mol. The predicted octanol–water partition coefficient (Wildman–Crippen LogP) is 0.126. The zero-order valence-electron chi connectivity index (χ0n) is 8.44. The molecule has 0 saturated carbocycles. The number of amides is 1. The average molecular weight is 209 g/mol. The molecule has 0 radical (unpaired) electrons. The third kappa shape index (κ3) is 4.80. The van der Waals surface area contributed by atoms with Crippen LogP contribution in [0.25, 0.3) is 0 Å². The van der Waals surface area contributed by atoms with E-state index >= 15 is 0 Å². The molecule has 0 aliphatic heterocycles. The lowest BCUT2D eigenvalue weighted by Gasteiger charge is -2.04. The Morgan fingerprint density at radius 1 is 1.40 bits per heavy atom. The third-order valence-electron chi connectivity index (χ3n) is 1.81. The van der Waals surface area contributed by atoms with Crippen molar-refractivity contribution in [3.05, 3.63) is 12.4 Å². The molecule has 0 aliphatic rings. The number of hydrogen-bond donors (Lipinski definition) is 3. The minimum absolute atomic E-state index is 0.265. The van der Waals surface area contributed by atoms with Gasteiger partial charge in [-0.15, -0.1) is 0 Å². The molecule has 0 saturated heterocycles. The molecule has 0 fully saturated rings. The van der Waals surface area contributed by atoms with Gasteiger partial charge in [-0.25, -0.2) is 4.98 Å². The maximum absolute atomic E-state index is 10.4. The van der Waals surface area contributed by atoms with Crippen LogP contribution in [-0.4, -0.2) is 22.4 Å². The van der Waals surface area contributed by atoms with E-state index in [2.05, 4.69) is 15.3 Å². The van der Waals surface area contributed by atoms with Crippen molar-refractivity contribution >= 4 is 17.5 Å². The maximum Gasteiger partial charge on any atom is 0.217 e. The number of carbonyl (C=O) groups excluding carboxylic acids is 1. The Balaban J connectivity index is 2.17. The molecule has 1 heterocycles. The Morgan fingerprint density at radius 2 is 2.20 bits per heavy atom. The minimum atomic E-state index is -0.265. The highest BCUT2D eigenvalue weighted by atomic mass is 16.1. The van der Waals surface area contributed by atoms with E-state index in [9.17, 15) is 4.79 Å². The molecule has 6 nitrogen and oxygen atoms in total. The molecule has 6 heteroatoms. The molecule has 0 spiro atoms. The van der Waals surface area contributed by atoms with Gasteiger partial charge in [-0.1, -0.05) is 0 Å². The second kappa shape index (κ2) is 5.79. The van der Waals surface area contributed by atoms with Crippen molar-refractivity contribution in [2.45, 2.75) is 19.3 Å². The Labute approximate surface area is 88.1 Å². The van der Waals surface area contributed by atoms with Crippen molar-refractivity contribution in [2.75, 3.05) is 17.6 Å². The summed E-state index contributed by atoms with van der Waals surface area (Å²) in [6.45, 7) is 0.728. The van der Waals surface area contributed by atoms with Crippen molar-refractivity contribution in [3.63, 3.8) is 0 Å². The van der Waals surface area contributed by atoms with E-state index in [-0.39, 0.29) is 5.91 Å². The highest BCUT2D eigenvalue weighted by molar-refractivity contribution is 5.73. The lowest BCUT2D eigenvalue weighted by atomic mass is 10.2. The average Bonchev–Trinajstić information content (AvgIpc) is 2.17. The standard InChI is InChI=1S/C9H15N5O/c10-7-5-12-6-9(14-7)13-4-2-1-3-8(11)15/h5-6H,1-4H2,(H2,11,15)(H3,10,13,14). The summed E-state index contributed by atoms with van der Waals surface area (Å²) in [6.07, 6.45) is 5.14. The van der Waals surface area contributed by atoms with Gasteiger partial charge in [0, 0.05) is 13.0 Å². The van der Waals surface area contributed by atoms with E-state index in [1.165, 1.54) is 6.20 Å². The first-order chi connectivity index (χ1) is 7.18. The summed E-state index contributed by atoms with van der Waals surface area (Å²) >= 11 is 0. The second-order valence-electron chi connectivity index (χ2n) is 3.18. The Hall–Kier alpha value is -1.85.